The zero-order valence-electron chi connectivity index (χ0n) is 19.4. The minimum atomic E-state index is 0.547. The smallest absolute Gasteiger partial charge is 0.191 e. The zero-order chi connectivity index (χ0) is 26.2. The number of azo groups is 1. The van der Waals surface area contributed by atoms with Crippen molar-refractivity contribution >= 4 is 101 Å². The summed E-state index contributed by atoms with van der Waals surface area (Å²) in [5.41, 5.74) is 3.89. The maximum atomic E-state index is 6.24. The third-order valence-electron chi connectivity index (χ3n) is 5.77. The molecule has 0 radical (unpaired) electrons. The summed E-state index contributed by atoms with van der Waals surface area (Å²) in [6, 6.07) is 31.3. The highest BCUT2D eigenvalue weighted by Gasteiger charge is 2.39. The molecule has 4 aromatic carbocycles. The van der Waals surface area contributed by atoms with Crippen LogP contribution in [0.15, 0.2) is 137 Å². The molecule has 2 aliphatic heterocycles. The average Bonchev–Trinajstić information content (AvgIpc) is 3.04. The minimum Gasteiger partial charge on any atom is -0.278 e. The Morgan fingerprint density at radius 2 is 1.34 bits per heavy atom. The molecule has 2 heterocycles. The van der Waals surface area contributed by atoms with Crippen LogP contribution in [0.25, 0.3) is 0 Å². The maximum absolute atomic E-state index is 6.24. The number of nitrogens with zero attached hydrogens (tertiary/aromatic N) is 5. The average molecular weight is 682 g/mol. The number of para-hydroxylation sites is 1. The van der Waals surface area contributed by atoms with Gasteiger partial charge in [0.15, 0.2) is 16.6 Å². The molecule has 0 aromatic heterocycles. The zero-order valence-corrected chi connectivity index (χ0v) is 25.0. The molecule has 0 amide bonds. The Morgan fingerprint density at radius 3 is 2.05 bits per heavy atom. The number of halogens is 3. The summed E-state index contributed by atoms with van der Waals surface area (Å²) >= 11 is 21.0. The van der Waals surface area contributed by atoms with Gasteiger partial charge in [0.2, 0.25) is 0 Å². The lowest BCUT2D eigenvalue weighted by Crippen LogP contribution is -2.50. The molecule has 0 atom stereocenters. The van der Waals surface area contributed by atoms with Crippen LogP contribution in [0.5, 0.6) is 0 Å². The molecule has 4 aromatic rings. The first-order valence-corrected chi connectivity index (χ1v) is 14.6. The number of rotatable bonds is 4. The van der Waals surface area contributed by atoms with E-state index in [1.165, 1.54) is 0 Å². The lowest BCUT2D eigenvalue weighted by Gasteiger charge is -2.39. The molecule has 186 valence electrons. The van der Waals surface area contributed by atoms with Crippen molar-refractivity contribution in [2.75, 3.05) is 9.80 Å². The Hall–Kier alpha value is -2.82. The van der Waals surface area contributed by atoms with Crippen molar-refractivity contribution in [3.63, 3.8) is 0 Å². The highest BCUT2D eigenvalue weighted by Crippen LogP contribution is 2.47. The second-order valence-corrected chi connectivity index (χ2v) is 11.9. The van der Waals surface area contributed by atoms with Crippen LogP contribution in [0.4, 0.5) is 22.7 Å². The van der Waals surface area contributed by atoms with Crippen molar-refractivity contribution in [1.82, 2.24) is 0 Å². The molecule has 5 nitrogen and oxygen atoms in total. The quantitative estimate of drug-likeness (QED) is 0.159. The van der Waals surface area contributed by atoms with E-state index in [0.717, 1.165) is 41.6 Å². The van der Waals surface area contributed by atoms with Gasteiger partial charge in [-0.25, -0.2) is 4.99 Å². The van der Waals surface area contributed by atoms with Gasteiger partial charge in [0.05, 0.1) is 17.1 Å². The van der Waals surface area contributed by atoms with E-state index in [0.29, 0.717) is 21.7 Å². The van der Waals surface area contributed by atoms with Gasteiger partial charge in [0, 0.05) is 24.6 Å². The number of amidine groups is 1. The van der Waals surface area contributed by atoms with Gasteiger partial charge in [0.1, 0.15) is 5.03 Å². The van der Waals surface area contributed by atoms with Crippen molar-refractivity contribution in [1.29, 1.82) is 0 Å². The second kappa shape index (κ2) is 10.7. The van der Waals surface area contributed by atoms with Crippen LogP contribution in [-0.2, 0) is 0 Å². The van der Waals surface area contributed by atoms with Crippen LogP contribution < -0.4 is 9.80 Å². The molecule has 0 N–H and O–H groups in total. The fraction of sp³-hybridized carbons (Fsp3) is 0. The first kappa shape index (κ1) is 25.5. The molecule has 2 bridgehead atoms. The number of hydrogen-bond acceptors (Lipinski definition) is 5. The number of benzene rings is 4. The van der Waals surface area contributed by atoms with E-state index in [-0.39, 0.29) is 0 Å². The molecule has 38 heavy (non-hydrogen) atoms. The van der Waals surface area contributed by atoms with Crippen LogP contribution in [0.3, 0.4) is 0 Å². The topological polar surface area (TPSA) is 43.6 Å². The minimum absolute atomic E-state index is 0.547. The molecule has 10 heteroatoms. The van der Waals surface area contributed by atoms with Crippen LogP contribution in [0.1, 0.15) is 0 Å². The van der Waals surface area contributed by atoms with Gasteiger partial charge < -0.3 is 0 Å². The van der Waals surface area contributed by atoms with E-state index in [1.807, 2.05) is 107 Å². The number of fused-ring (bicyclic) bond motifs is 2. The van der Waals surface area contributed by atoms with Crippen LogP contribution >= 0.6 is 67.4 Å². The Balaban J connectivity index is 1.61. The lowest BCUT2D eigenvalue weighted by atomic mass is 10.2. The van der Waals surface area contributed by atoms with Gasteiger partial charge in [-0.2, -0.15) is 5.11 Å². The Morgan fingerprint density at radius 1 is 0.737 bits per heavy atom. The summed E-state index contributed by atoms with van der Waals surface area (Å²) in [6.07, 6.45) is 0. The lowest BCUT2D eigenvalue weighted by molar-refractivity contribution is 1.11. The van der Waals surface area contributed by atoms with E-state index >= 15 is 0 Å². The first-order valence-electron chi connectivity index (χ1n) is 11.4. The van der Waals surface area contributed by atoms with Gasteiger partial charge in [-0.1, -0.05) is 67.4 Å². The maximum Gasteiger partial charge on any atom is 0.191 e. The summed E-state index contributed by atoms with van der Waals surface area (Å²) in [6.45, 7) is 0. The Bertz CT molecular complexity index is 1640. The molecule has 6 rings (SSSR count). The molecule has 0 fully saturated rings. The Kier molecular flexibility index (Phi) is 7.20. The predicted molar refractivity (Wildman–Crippen MR) is 168 cm³/mol. The summed E-state index contributed by atoms with van der Waals surface area (Å²) in [7, 11) is 0. The number of thiocarbonyl (C=S) groups is 1. The fourth-order valence-electron chi connectivity index (χ4n) is 3.98. The standard InChI is InChI=1S/C28H16Br2ClN5S2/c29-17-5-11-20(12-6-17)33-34-25-26-32-23-3-1-2-4-24(23)38-27(25)36(22-15-9-19(31)10-16-22)28(37)35(26)21-13-7-18(30)8-14-21/h1-16H. The number of anilines is 2. The van der Waals surface area contributed by atoms with Gasteiger partial charge >= 0.3 is 0 Å². The third kappa shape index (κ3) is 4.97. The van der Waals surface area contributed by atoms with Gasteiger partial charge in [-0.05, 0) is 97.1 Å². The highest BCUT2D eigenvalue weighted by molar-refractivity contribution is 9.10. The summed E-state index contributed by atoms with van der Waals surface area (Å²) in [4.78, 5) is 10.0. The van der Waals surface area contributed by atoms with Gasteiger partial charge in [0.25, 0.3) is 0 Å². The van der Waals surface area contributed by atoms with Crippen molar-refractivity contribution in [2.45, 2.75) is 4.90 Å². The largest absolute Gasteiger partial charge is 0.278 e. The summed E-state index contributed by atoms with van der Waals surface area (Å²) in [5, 5.41) is 11.4. The summed E-state index contributed by atoms with van der Waals surface area (Å²) < 4.78 is 1.94. The van der Waals surface area contributed by atoms with Crippen molar-refractivity contribution in [3.8, 4) is 0 Å². The predicted octanol–water partition coefficient (Wildman–Crippen LogP) is 10.3. The number of thioether (sulfide) groups is 1. The van der Waals surface area contributed by atoms with Crippen LogP contribution in [0.2, 0.25) is 5.02 Å². The monoisotopic (exact) mass is 679 g/mol. The van der Waals surface area contributed by atoms with E-state index in [4.69, 9.17) is 33.9 Å². The number of hydrogen-bond donors (Lipinski definition) is 0. The molecule has 0 aliphatic carbocycles. The van der Waals surface area contributed by atoms with Crippen LogP contribution in [-0.4, -0.2) is 10.9 Å². The van der Waals surface area contributed by atoms with Gasteiger partial charge in [-0.3, -0.25) is 9.80 Å². The van der Waals surface area contributed by atoms with Gasteiger partial charge in [-0.15, -0.1) is 5.11 Å². The van der Waals surface area contributed by atoms with E-state index < -0.39 is 0 Å². The molecule has 2 aliphatic rings. The van der Waals surface area contributed by atoms with Crippen molar-refractivity contribution < 1.29 is 0 Å². The molecular formula is C28H16Br2ClN5S2. The van der Waals surface area contributed by atoms with Crippen molar-refractivity contribution in [2.24, 2.45) is 15.2 Å². The summed E-state index contributed by atoms with van der Waals surface area (Å²) in [5.74, 6) is 0.607. The molecule has 0 saturated carbocycles. The van der Waals surface area contributed by atoms with E-state index in [1.54, 1.807) is 11.8 Å². The fourth-order valence-corrected chi connectivity index (χ4v) is 6.17. The highest BCUT2D eigenvalue weighted by atomic mass is 79.9. The molecule has 0 spiro atoms. The first-order chi connectivity index (χ1) is 18.5. The number of aliphatic imine (C=N–C) groups is 1. The SMILES string of the molecule is S=C1N(c2ccc(Br)cc2)C2=Nc3ccccc3SC(=C2N=Nc2ccc(Br)cc2)N1c1ccc(Cl)cc1. The molecule has 0 saturated heterocycles. The normalized spacial score (nSPS) is 15.0. The van der Waals surface area contributed by atoms with E-state index in [2.05, 4.69) is 37.0 Å². The third-order valence-corrected chi connectivity index (χ3v) is 8.58. The van der Waals surface area contributed by atoms with Crippen molar-refractivity contribution in [3.05, 3.63) is 122 Å². The second-order valence-electron chi connectivity index (χ2n) is 8.24. The van der Waals surface area contributed by atoms with E-state index in [9.17, 15) is 0 Å². The van der Waals surface area contributed by atoms with Crippen LogP contribution in [0, 0.1) is 0 Å². The molecular weight excluding hydrogens is 666 g/mol. The Labute approximate surface area is 251 Å². The molecule has 0 unspecified atom stereocenters.